The van der Waals surface area contributed by atoms with Crippen LogP contribution in [0, 0.1) is 34.0 Å². The minimum atomic E-state index is -0.408. The number of carbonyl (C=O) groups excluding carboxylic acids is 1. The van der Waals surface area contributed by atoms with Crippen molar-refractivity contribution in [3.05, 3.63) is 0 Å². The molecule has 0 radical (unpaired) electrons. The maximum absolute atomic E-state index is 13.9. The summed E-state index contributed by atoms with van der Waals surface area (Å²) in [5, 5.41) is 0. The van der Waals surface area contributed by atoms with Gasteiger partial charge < -0.3 is 18.9 Å². The summed E-state index contributed by atoms with van der Waals surface area (Å²) in [5.74, 6) is 1.61. The second kappa shape index (κ2) is 7.33. The zero-order valence-electron chi connectivity index (χ0n) is 18.3. The molecule has 0 N–H and O–H groups in total. The van der Waals surface area contributed by atoms with Gasteiger partial charge in [0.25, 0.3) is 0 Å². The monoisotopic (exact) mass is 394 g/mol. The zero-order valence-corrected chi connectivity index (χ0v) is 18.3. The number of hydrogen-bond acceptors (Lipinski definition) is 5. The van der Waals surface area contributed by atoms with Gasteiger partial charge in [0.2, 0.25) is 0 Å². The first-order chi connectivity index (χ1) is 13.4. The van der Waals surface area contributed by atoms with E-state index < -0.39 is 5.41 Å². The minimum Gasteiger partial charge on any atom is -0.385 e. The summed E-state index contributed by atoms with van der Waals surface area (Å²) in [6.07, 6.45) is 7.61. The van der Waals surface area contributed by atoms with E-state index in [1.54, 1.807) is 14.2 Å². The highest BCUT2D eigenvalue weighted by atomic mass is 16.7. The SMILES string of the molecule is COCC[C@]1(C)C[C@@H](OCOC)[C@]23C[C@@H]2CCC2(CC[C@@H](OC)C23)[C@@H](C)C1=O. The molecule has 2 unspecified atom stereocenters. The number of methoxy groups -OCH3 is 3. The first kappa shape index (κ1) is 20.8. The summed E-state index contributed by atoms with van der Waals surface area (Å²) < 4.78 is 23.1. The van der Waals surface area contributed by atoms with Crippen LogP contribution in [-0.2, 0) is 23.7 Å². The van der Waals surface area contributed by atoms with Crippen LogP contribution in [0.25, 0.3) is 0 Å². The minimum absolute atomic E-state index is 0.0520. The van der Waals surface area contributed by atoms with E-state index in [2.05, 4.69) is 13.8 Å². The Hall–Kier alpha value is -0.490. The second-order valence-electron chi connectivity index (χ2n) is 10.2. The molecule has 8 atom stereocenters. The van der Waals surface area contributed by atoms with Gasteiger partial charge in [-0.25, -0.2) is 0 Å². The van der Waals surface area contributed by atoms with Crippen LogP contribution in [-0.4, -0.2) is 52.7 Å². The van der Waals surface area contributed by atoms with E-state index in [4.69, 9.17) is 18.9 Å². The summed E-state index contributed by atoms with van der Waals surface area (Å²) in [5.41, 5.74) is -0.195. The molecule has 5 nitrogen and oxygen atoms in total. The fourth-order valence-electron chi connectivity index (χ4n) is 7.78. The molecule has 4 aliphatic rings. The highest BCUT2D eigenvalue weighted by Gasteiger charge is 2.76. The lowest BCUT2D eigenvalue weighted by atomic mass is 9.50. The average molecular weight is 395 g/mol. The molecule has 0 saturated heterocycles. The van der Waals surface area contributed by atoms with Gasteiger partial charge in [0.05, 0.1) is 12.2 Å². The first-order valence-corrected chi connectivity index (χ1v) is 11.1. The van der Waals surface area contributed by atoms with Crippen LogP contribution in [0.4, 0.5) is 0 Å². The van der Waals surface area contributed by atoms with E-state index in [0.29, 0.717) is 31.0 Å². The van der Waals surface area contributed by atoms with Gasteiger partial charge in [-0.15, -0.1) is 0 Å². The number of ether oxygens (including phenoxy) is 4. The van der Waals surface area contributed by atoms with Crippen LogP contribution in [0.5, 0.6) is 0 Å². The van der Waals surface area contributed by atoms with Crippen molar-refractivity contribution in [2.45, 2.75) is 71.0 Å². The molecule has 0 amide bonds. The molecule has 4 saturated carbocycles. The normalized spacial score (nSPS) is 49.9. The molecule has 28 heavy (non-hydrogen) atoms. The van der Waals surface area contributed by atoms with E-state index in [1.165, 1.54) is 12.8 Å². The van der Waals surface area contributed by atoms with Gasteiger partial charge in [0.1, 0.15) is 12.6 Å². The number of hydrogen-bond donors (Lipinski definition) is 0. The number of Topliss-reactive ketones (excluding diaryl/α,β-unsaturated/α-hetero) is 1. The van der Waals surface area contributed by atoms with Crippen LogP contribution in [0.3, 0.4) is 0 Å². The van der Waals surface area contributed by atoms with Crippen molar-refractivity contribution in [1.29, 1.82) is 0 Å². The van der Waals surface area contributed by atoms with Crippen LogP contribution in [0.1, 0.15) is 58.8 Å². The lowest BCUT2D eigenvalue weighted by Crippen LogP contribution is -2.57. The number of rotatable bonds is 7. The molecule has 4 aliphatic carbocycles. The third-order valence-electron chi connectivity index (χ3n) is 9.26. The molecule has 0 aromatic carbocycles. The molecule has 160 valence electrons. The van der Waals surface area contributed by atoms with E-state index in [9.17, 15) is 4.79 Å². The van der Waals surface area contributed by atoms with Gasteiger partial charge in [0.15, 0.2) is 0 Å². The highest BCUT2D eigenvalue weighted by molar-refractivity contribution is 5.87. The van der Waals surface area contributed by atoms with Crippen LogP contribution in [0.2, 0.25) is 0 Å². The summed E-state index contributed by atoms with van der Waals surface area (Å²) >= 11 is 0. The Morgan fingerprint density at radius 3 is 2.50 bits per heavy atom. The number of carbonyl (C=O) groups is 1. The molecule has 0 aliphatic heterocycles. The third kappa shape index (κ3) is 2.76. The molecule has 0 heterocycles. The van der Waals surface area contributed by atoms with E-state index in [0.717, 1.165) is 32.1 Å². The van der Waals surface area contributed by atoms with Gasteiger partial charge in [-0.05, 0) is 62.2 Å². The zero-order chi connectivity index (χ0) is 20.2. The fourth-order valence-corrected chi connectivity index (χ4v) is 7.78. The molecule has 4 fully saturated rings. The van der Waals surface area contributed by atoms with Gasteiger partial charge in [-0.2, -0.15) is 0 Å². The molecule has 1 spiro atoms. The molecule has 5 heteroatoms. The van der Waals surface area contributed by atoms with Crippen LogP contribution in [0.15, 0.2) is 0 Å². The summed E-state index contributed by atoms with van der Waals surface area (Å²) in [6, 6.07) is 0. The molecule has 0 aromatic rings. The summed E-state index contributed by atoms with van der Waals surface area (Å²) in [4.78, 5) is 13.9. The van der Waals surface area contributed by atoms with Crippen molar-refractivity contribution in [2.24, 2.45) is 34.0 Å². The van der Waals surface area contributed by atoms with Gasteiger partial charge in [-0.1, -0.05) is 13.8 Å². The Bertz CT molecular complexity index is 608. The third-order valence-corrected chi connectivity index (χ3v) is 9.26. The Balaban J connectivity index is 1.79. The van der Waals surface area contributed by atoms with Crippen LogP contribution < -0.4 is 0 Å². The van der Waals surface area contributed by atoms with Gasteiger partial charge in [-0.3, -0.25) is 4.79 Å². The molecule has 2 bridgehead atoms. The van der Waals surface area contributed by atoms with Crippen molar-refractivity contribution < 1.29 is 23.7 Å². The smallest absolute Gasteiger partial charge is 0.146 e. The van der Waals surface area contributed by atoms with E-state index >= 15 is 0 Å². The maximum Gasteiger partial charge on any atom is 0.146 e. The first-order valence-electron chi connectivity index (χ1n) is 11.1. The Labute approximate surface area is 169 Å². The van der Waals surface area contributed by atoms with Crippen molar-refractivity contribution in [3.8, 4) is 0 Å². The summed E-state index contributed by atoms with van der Waals surface area (Å²) in [6.45, 7) is 5.27. The number of ketones is 1. The Kier molecular flexibility index (Phi) is 5.44. The Morgan fingerprint density at radius 2 is 1.82 bits per heavy atom. The Morgan fingerprint density at radius 1 is 1.07 bits per heavy atom. The highest BCUT2D eigenvalue weighted by Crippen LogP contribution is 2.78. The summed E-state index contributed by atoms with van der Waals surface area (Å²) in [7, 11) is 5.26. The van der Waals surface area contributed by atoms with Crippen molar-refractivity contribution in [2.75, 3.05) is 34.7 Å². The standard InChI is InChI=1S/C23H38O5/c1-15-20(24)21(2,10-11-25-3)13-18(28-14-26-4)23-12-16(23)6-8-22(15)9-7-17(27-5)19(22)23/h15-19H,6-14H2,1-5H3/t15-,16-,17+,18+,19?,21+,22?,23-/m0/s1. The topological polar surface area (TPSA) is 54.0 Å². The van der Waals surface area contributed by atoms with E-state index in [-0.39, 0.29) is 29.0 Å². The van der Waals surface area contributed by atoms with Crippen LogP contribution >= 0.6 is 0 Å². The quantitative estimate of drug-likeness (QED) is 0.614. The van der Waals surface area contributed by atoms with E-state index in [1.807, 2.05) is 7.11 Å². The van der Waals surface area contributed by atoms with Crippen molar-refractivity contribution in [3.63, 3.8) is 0 Å². The lowest BCUT2D eigenvalue weighted by Gasteiger charge is -2.55. The van der Waals surface area contributed by atoms with Gasteiger partial charge in [0, 0.05) is 44.7 Å². The molecular formula is C23H38O5. The van der Waals surface area contributed by atoms with Gasteiger partial charge >= 0.3 is 0 Å². The van der Waals surface area contributed by atoms with Crippen molar-refractivity contribution in [1.82, 2.24) is 0 Å². The second-order valence-corrected chi connectivity index (χ2v) is 10.2. The molecule has 0 aromatic heterocycles. The molecule has 4 rings (SSSR count). The predicted molar refractivity (Wildman–Crippen MR) is 106 cm³/mol. The maximum atomic E-state index is 13.9. The molecular weight excluding hydrogens is 356 g/mol. The average Bonchev–Trinajstić information content (AvgIpc) is 3.33. The predicted octanol–water partition coefficient (Wildman–Crippen LogP) is 3.84. The fraction of sp³-hybridized carbons (Fsp3) is 0.957. The van der Waals surface area contributed by atoms with Crippen molar-refractivity contribution >= 4 is 5.78 Å². The largest absolute Gasteiger partial charge is 0.385 e. The lowest BCUT2D eigenvalue weighted by molar-refractivity contribution is -0.183.